The summed E-state index contributed by atoms with van der Waals surface area (Å²) in [7, 11) is 1.84. The molecule has 1 atom stereocenters. The number of thiophene rings is 1. The van der Waals surface area contributed by atoms with Crippen LogP contribution in [0.3, 0.4) is 0 Å². The maximum Gasteiger partial charge on any atom is 0.263 e. The molecule has 0 bridgehead atoms. The molecule has 1 fully saturated rings. The van der Waals surface area contributed by atoms with E-state index in [9.17, 15) is 9.59 Å². The van der Waals surface area contributed by atoms with Crippen LogP contribution in [0, 0.1) is 0 Å². The van der Waals surface area contributed by atoms with E-state index in [2.05, 4.69) is 12.1 Å². The van der Waals surface area contributed by atoms with Crippen LogP contribution in [0.4, 0.5) is 0 Å². The number of likely N-dealkylation sites (tertiary alicyclic amines) is 1. The number of carbonyl (C=O) groups is 1. The molecule has 2 aliphatic rings. The summed E-state index contributed by atoms with van der Waals surface area (Å²) in [6, 6.07) is 10.2. The van der Waals surface area contributed by atoms with Crippen LogP contribution in [0.15, 0.2) is 40.3 Å². The highest BCUT2D eigenvalue weighted by Gasteiger charge is 2.32. The Morgan fingerprint density at radius 1 is 1.17 bits per heavy atom. The van der Waals surface area contributed by atoms with Gasteiger partial charge >= 0.3 is 0 Å². The molecule has 0 saturated carbocycles. The Hall–Kier alpha value is -2.12. The maximum absolute atomic E-state index is 13.6. The van der Waals surface area contributed by atoms with E-state index in [1.54, 1.807) is 16.2 Å². The number of carbonyl (C=O) groups excluding carboxylic acids is 1. The Morgan fingerprint density at radius 3 is 2.73 bits per heavy atom. The SMILES string of the molecule is CN1CCC(Sc2nc3sc4c(c3c(=O)n2CCc2ccccc2)CCCC4)C1=O. The minimum atomic E-state index is -0.156. The molecule has 3 heterocycles. The highest BCUT2D eigenvalue weighted by Crippen LogP contribution is 2.36. The Kier molecular flexibility index (Phi) is 5.41. The van der Waals surface area contributed by atoms with Crippen LogP contribution in [0.5, 0.6) is 0 Å². The molecule has 0 N–H and O–H groups in total. The zero-order valence-corrected chi connectivity index (χ0v) is 18.7. The quantitative estimate of drug-likeness (QED) is 0.566. The van der Waals surface area contributed by atoms with Crippen LogP contribution in [0.2, 0.25) is 0 Å². The number of rotatable bonds is 5. The van der Waals surface area contributed by atoms with Crippen molar-refractivity contribution >= 4 is 39.2 Å². The molecule has 1 saturated heterocycles. The van der Waals surface area contributed by atoms with Gasteiger partial charge in [-0.1, -0.05) is 42.1 Å². The summed E-state index contributed by atoms with van der Waals surface area (Å²) in [4.78, 5) is 35.0. The lowest BCUT2D eigenvalue weighted by molar-refractivity contribution is -0.126. The fraction of sp³-hybridized carbons (Fsp3) is 0.435. The van der Waals surface area contributed by atoms with Gasteiger partial charge in [-0.15, -0.1) is 11.3 Å². The van der Waals surface area contributed by atoms with Crippen LogP contribution in [-0.2, 0) is 30.6 Å². The van der Waals surface area contributed by atoms with Crippen molar-refractivity contribution in [3.63, 3.8) is 0 Å². The summed E-state index contributed by atoms with van der Waals surface area (Å²) in [5.74, 6) is 0.134. The third-order valence-electron chi connectivity index (χ3n) is 6.13. The lowest BCUT2D eigenvalue weighted by Crippen LogP contribution is -2.27. The predicted octanol–water partition coefficient (Wildman–Crippen LogP) is 3.90. The van der Waals surface area contributed by atoms with E-state index < -0.39 is 0 Å². The number of benzene rings is 1. The first kappa shape index (κ1) is 19.8. The lowest BCUT2D eigenvalue weighted by atomic mass is 9.97. The molecule has 3 aromatic rings. The van der Waals surface area contributed by atoms with E-state index in [1.807, 2.05) is 29.8 Å². The summed E-state index contributed by atoms with van der Waals surface area (Å²) in [5, 5.41) is 1.36. The average Bonchev–Trinajstić information content (AvgIpc) is 3.29. The van der Waals surface area contributed by atoms with Crippen LogP contribution in [0.25, 0.3) is 10.2 Å². The number of amides is 1. The molecule has 1 aromatic carbocycles. The highest BCUT2D eigenvalue weighted by atomic mass is 32.2. The second-order valence-electron chi connectivity index (χ2n) is 8.13. The Labute approximate surface area is 184 Å². The molecule has 1 aliphatic carbocycles. The normalized spacial score (nSPS) is 18.9. The van der Waals surface area contributed by atoms with E-state index in [4.69, 9.17) is 4.98 Å². The van der Waals surface area contributed by atoms with Crippen molar-refractivity contribution in [1.29, 1.82) is 0 Å². The molecule has 1 amide bonds. The largest absolute Gasteiger partial charge is 0.345 e. The smallest absolute Gasteiger partial charge is 0.263 e. The minimum Gasteiger partial charge on any atom is -0.345 e. The second-order valence-corrected chi connectivity index (χ2v) is 10.4. The molecule has 30 heavy (non-hydrogen) atoms. The van der Waals surface area contributed by atoms with Crippen molar-refractivity contribution in [2.75, 3.05) is 13.6 Å². The van der Waals surface area contributed by atoms with Gasteiger partial charge in [0.15, 0.2) is 5.16 Å². The van der Waals surface area contributed by atoms with Gasteiger partial charge < -0.3 is 4.90 Å². The number of fused-ring (bicyclic) bond motifs is 3. The van der Waals surface area contributed by atoms with Crippen LogP contribution < -0.4 is 5.56 Å². The molecule has 1 unspecified atom stereocenters. The zero-order valence-electron chi connectivity index (χ0n) is 17.1. The molecule has 0 radical (unpaired) electrons. The van der Waals surface area contributed by atoms with Crippen LogP contribution in [0.1, 0.15) is 35.3 Å². The van der Waals surface area contributed by atoms with Gasteiger partial charge in [-0.25, -0.2) is 4.98 Å². The van der Waals surface area contributed by atoms with Gasteiger partial charge in [0.2, 0.25) is 5.91 Å². The van der Waals surface area contributed by atoms with Crippen LogP contribution in [-0.4, -0.2) is 39.2 Å². The zero-order chi connectivity index (χ0) is 20.7. The van der Waals surface area contributed by atoms with Gasteiger partial charge in [-0.05, 0) is 49.7 Å². The minimum absolute atomic E-state index is 0.0663. The molecular formula is C23H25N3O2S2. The van der Waals surface area contributed by atoms with Gasteiger partial charge in [0.1, 0.15) is 4.83 Å². The van der Waals surface area contributed by atoms with Crippen molar-refractivity contribution in [2.45, 2.75) is 55.5 Å². The summed E-state index contributed by atoms with van der Waals surface area (Å²) in [6.45, 7) is 1.34. The van der Waals surface area contributed by atoms with Crippen molar-refractivity contribution < 1.29 is 4.79 Å². The van der Waals surface area contributed by atoms with Gasteiger partial charge in [-0.3, -0.25) is 14.2 Å². The number of nitrogens with zero attached hydrogens (tertiary/aromatic N) is 3. The molecular weight excluding hydrogens is 414 g/mol. The fourth-order valence-electron chi connectivity index (χ4n) is 4.42. The first-order chi connectivity index (χ1) is 14.6. The van der Waals surface area contributed by atoms with Crippen LogP contribution >= 0.6 is 23.1 Å². The van der Waals surface area contributed by atoms with Crippen molar-refractivity contribution in [1.82, 2.24) is 14.5 Å². The van der Waals surface area contributed by atoms with E-state index in [1.165, 1.54) is 34.2 Å². The van der Waals surface area contributed by atoms with Crippen molar-refractivity contribution in [3.05, 3.63) is 56.7 Å². The summed E-state index contributed by atoms with van der Waals surface area (Å²) >= 11 is 3.14. The van der Waals surface area contributed by atoms with Gasteiger partial charge in [0.25, 0.3) is 5.56 Å². The number of hydrogen-bond donors (Lipinski definition) is 0. The standard InChI is InChI=1S/C23H25N3O2S2/c1-25-13-12-18(21(25)27)30-23-24-20-19(16-9-5-6-10-17(16)29-20)22(28)26(23)14-11-15-7-3-2-4-8-15/h2-4,7-8,18H,5-6,9-14H2,1H3. The first-order valence-corrected chi connectivity index (χ1v) is 12.3. The molecule has 7 heteroatoms. The topological polar surface area (TPSA) is 55.2 Å². The molecule has 0 spiro atoms. The molecule has 2 aromatic heterocycles. The highest BCUT2D eigenvalue weighted by molar-refractivity contribution is 8.00. The Balaban J connectivity index is 1.57. The molecule has 5 nitrogen and oxygen atoms in total. The maximum atomic E-state index is 13.6. The summed E-state index contributed by atoms with van der Waals surface area (Å²) in [6.07, 6.45) is 5.92. The lowest BCUT2D eigenvalue weighted by Gasteiger charge is -2.15. The number of aromatic nitrogens is 2. The summed E-state index contributed by atoms with van der Waals surface area (Å²) < 4.78 is 1.83. The van der Waals surface area contributed by atoms with E-state index in [0.717, 1.165) is 48.9 Å². The second kappa shape index (κ2) is 8.19. The monoisotopic (exact) mass is 439 g/mol. The first-order valence-electron chi connectivity index (χ1n) is 10.6. The molecule has 5 rings (SSSR count). The Morgan fingerprint density at radius 2 is 1.97 bits per heavy atom. The number of aryl methyl sites for hydroxylation is 3. The van der Waals surface area contributed by atoms with E-state index in [-0.39, 0.29) is 16.7 Å². The predicted molar refractivity (Wildman–Crippen MR) is 123 cm³/mol. The third kappa shape index (κ3) is 3.58. The molecule has 156 valence electrons. The van der Waals surface area contributed by atoms with Gasteiger partial charge in [0, 0.05) is 25.0 Å². The number of hydrogen-bond acceptors (Lipinski definition) is 5. The Bertz CT molecular complexity index is 1150. The van der Waals surface area contributed by atoms with Crippen molar-refractivity contribution in [3.8, 4) is 0 Å². The van der Waals surface area contributed by atoms with E-state index >= 15 is 0 Å². The third-order valence-corrected chi connectivity index (χ3v) is 8.56. The van der Waals surface area contributed by atoms with Gasteiger partial charge in [-0.2, -0.15) is 0 Å². The van der Waals surface area contributed by atoms with Crippen molar-refractivity contribution in [2.24, 2.45) is 0 Å². The fourth-order valence-corrected chi connectivity index (χ4v) is 6.93. The number of thioether (sulfide) groups is 1. The average molecular weight is 440 g/mol. The van der Waals surface area contributed by atoms with Gasteiger partial charge in [0.05, 0.1) is 10.6 Å². The summed E-state index contributed by atoms with van der Waals surface area (Å²) in [5.41, 5.74) is 2.49. The van der Waals surface area contributed by atoms with E-state index in [0.29, 0.717) is 11.7 Å². The molecule has 1 aliphatic heterocycles.